The highest BCUT2D eigenvalue weighted by Gasteiger charge is 1.99. The first-order chi connectivity index (χ1) is 10.5. The van der Waals surface area contributed by atoms with Crippen molar-refractivity contribution in [2.24, 2.45) is 0 Å². The molecule has 4 nitrogen and oxygen atoms in total. The van der Waals surface area contributed by atoms with Crippen LogP contribution in [0.2, 0.25) is 0 Å². The van der Waals surface area contributed by atoms with Crippen molar-refractivity contribution in [1.82, 2.24) is 15.3 Å². The number of hydrogen-bond donors (Lipinski definition) is 2. The van der Waals surface area contributed by atoms with Crippen molar-refractivity contribution in [1.29, 1.82) is 5.41 Å². The fourth-order valence-corrected chi connectivity index (χ4v) is 2.65. The number of rotatable bonds is 6. The lowest BCUT2D eigenvalue weighted by Gasteiger charge is -2.04. The molecular formula is C17H19BrN4. The largest absolute Gasteiger partial charge is 0.390 e. The molecule has 0 unspecified atom stereocenters. The number of halogens is 1. The lowest BCUT2D eigenvalue weighted by atomic mass is 10.1. The second-order valence-corrected chi connectivity index (χ2v) is 5.97. The first-order valence-electron chi connectivity index (χ1n) is 7.09. The predicted octanol–water partition coefficient (Wildman–Crippen LogP) is 3.57. The van der Waals surface area contributed by atoms with Gasteiger partial charge in [0, 0.05) is 46.3 Å². The van der Waals surface area contributed by atoms with Crippen LogP contribution in [0.5, 0.6) is 0 Å². The number of nitrogens with zero attached hydrogens (tertiary/aromatic N) is 2. The molecule has 0 atom stereocenters. The number of aromatic nitrogens is 2. The van der Waals surface area contributed by atoms with Gasteiger partial charge in [-0.25, -0.2) is 0 Å². The van der Waals surface area contributed by atoms with Crippen LogP contribution in [0.25, 0.3) is 0 Å². The highest BCUT2D eigenvalue weighted by molar-refractivity contribution is 9.10. The summed E-state index contributed by atoms with van der Waals surface area (Å²) < 4.78 is 1.06. The summed E-state index contributed by atoms with van der Waals surface area (Å²) in [5.41, 5.74) is 4.31. The van der Waals surface area contributed by atoms with Gasteiger partial charge in [-0.15, -0.1) is 0 Å². The molecule has 0 aliphatic heterocycles. The van der Waals surface area contributed by atoms with Crippen LogP contribution >= 0.6 is 15.9 Å². The molecule has 0 saturated heterocycles. The maximum atomic E-state index is 8.01. The average Bonchev–Trinajstić information content (AvgIpc) is 2.45. The maximum absolute atomic E-state index is 8.01. The standard InChI is InChI=1S/C17H19BrN4/c1-12-9-14(3-8-21-12)17(19)5-7-20-6-4-16-11-15(18)10-13(2)22-16/h3,5,7-11,19-20H,4,6H2,1-2H3/b7-5-,19-17?. The lowest BCUT2D eigenvalue weighted by molar-refractivity contribution is 0.808. The molecular weight excluding hydrogens is 340 g/mol. The van der Waals surface area contributed by atoms with E-state index < -0.39 is 0 Å². The van der Waals surface area contributed by atoms with Gasteiger partial charge < -0.3 is 10.7 Å². The Balaban J connectivity index is 1.82. The number of nitrogens with one attached hydrogen (secondary N) is 2. The predicted molar refractivity (Wildman–Crippen MR) is 93.3 cm³/mol. The molecule has 2 aromatic heterocycles. The van der Waals surface area contributed by atoms with E-state index in [9.17, 15) is 0 Å². The number of pyridine rings is 2. The highest BCUT2D eigenvalue weighted by atomic mass is 79.9. The lowest BCUT2D eigenvalue weighted by Crippen LogP contribution is -2.11. The van der Waals surface area contributed by atoms with Gasteiger partial charge in [-0.1, -0.05) is 15.9 Å². The van der Waals surface area contributed by atoms with Crippen LogP contribution in [0.3, 0.4) is 0 Å². The minimum absolute atomic E-state index is 0.467. The first-order valence-corrected chi connectivity index (χ1v) is 7.88. The Kier molecular flexibility index (Phi) is 5.83. The summed E-state index contributed by atoms with van der Waals surface area (Å²) in [5.74, 6) is 0. The summed E-state index contributed by atoms with van der Waals surface area (Å²) in [7, 11) is 0. The van der Waals surface area contributed by atoms with E-state index in [2.05, 4.69) is 31.2 Å². The minimum atomic E-state index is 0.467. The third-order valence-electron chi connectivity index (χ3n) is 3.07. The molecule has 2 N–H and O–H groups in total. The SMILES string of the molecule is Cc1cc(C(=N)/C=C\NCCc2cc(Br)cc(C)n2)ccn1. The smallest absolute Gasteiger partial charge is 0.0627 e. The van der Waals surface area contributed by atoms with E-state index in [4.69, 9.17) is 5.41 Å². The molecule has 0 aliphatic rings. The van der Waals surface area contributed by atoms with Crippen LogP contribution in [0.1, 0.15) is 22.6 Å². The van der Waals surface area contributed by atoms with Crippen LogP contribution in [-0.4, -0.2) is 22.2 Å². The molecule has 0 saturated carbocycles. The summed E-state index contributed by atoms with van der Waals surface area (Å²) in [6, 6.07) is 7.77. The van der Waals surface area contributed by atoms with Crippen molar-refractivity contribution in [2.45, 2.75) is 20.3 Å². The van der Waals surface area contributed by atoms with Crippen molar-refractivity contribution >= 4 is 21.6 Å². The summed E-state index contributed by atoms with van der Waals surface area (Å²) in [6.07, 6.45) is 6.13. The average molecular weight is 359 g/mol. The third kappa shape index (κ3) is 5.07. The summed E-state index contributed by atoms with van der Waals surface area (Å²) >= 11 is 3.48. The van der Waals surface area contributed by atoms with Crippen LogP contribution < -0.4 is 5.32 Å². The van der Waals surface area contributed by atoms with Crippen molar-refractivity contribution < 1.29 is 0 Å². The second kappa shape index (κ2) is 7.84. The Hall–Kier alpha value is -2.01. The minimum Gasteiger partial charge on any atom is -0.390 e. The van der Waals surface area contributed by atoms with Crippen LogP contribution in [0, 0.1) is 19.3 Å². The van der Waals surface area contributed by atoms with E-state index in [1.165, 1.54) is 0 Å². The quantitative estimate of drug-likeness (QED) is 0.612. The van der Waals surface area contributed by atoms with Gasteiger partial charge in [0.25, 0.3) is 0 Å². The Morgan fingerprint density at radius 2 is 2.09 bits per heavy atom. The van der Waals surface area contributed by atoms with Crippen LogP contribution in [0.4, 0.5) is 0 Å². The zero-order chi connectivity index (χ0) is 15.9. The van der Waals surface area contributed by atoms with E-state index in [0.29, 0.717) is 5.71 Å². The fourth-order valence-electron chi connectivity index (χ4n) is 2.05. The molecule has 0 bridgehead atoms. The normalized spacial score (nSPS) is 10.9. The van der Waals surface area contributed by atoms with Gasteiger partial charge in [-0.05, 0) is 50.4 Å². The molecule has 2 aromatic rings. The molecule has 0 spiro atoms. The number of aryl methyl sites for hydroxylation is 2. The molecule has 22 heavy (non-hydrogen) atoms. The molecule has 0 aromatic carbocycles. The Bertz CT molecular complexity index is 675. The van der Waals surface area contributed by atoms with E-state index >= 15 is 0 Å². The van der Waals surface area contributed by atoms with Gasteiger partial charge in [0.1, 0.15) is 0 Å². The van der Waals surface area contributed by atoms with Crippen molar-refractivity contribution in [2.75, 3.05) is 6.54 Å². The Morgan fingerprint density at radius 1 is 1.27 bits per heavy atom. The Labute approximate surface area is 139 Å². The Morgan fingerprint density at radius 3 is 2.82 bits per heavy atom. The third-order valence-corrected chi connectivity index (χ3v) is 3.53. The van der Waals surface area contributed by atoms with Gasteiger partial charge in [0.2, 0.25) is 0 Å². The molecule has 0 amide bonds. The monoisotopic (exact) mass is 358 g/mol. The van der Waals surface area contributed by atoms with Crippen LogP contribution in [-0.2, 0) is 6.42 Å². The fraction of sp³-hybridized carbons (Fsp3) is 0.235. The first kappa shape index (κ1) is 16.4. The molecule has 0 aliphatic carbocycles. The van der Waals surface area contributed by atoms with Gasteiger partial charge in [-0.2, -0.15) is 0 Å². The van der Waals surface area contributed by atoms with Gasteiger partial charge in [-0.3, -0.25) is 9.97 Å². The molecule has 2 heterocycles. The van der Waals surface area contributed by atoms with Gasteiger partial charge >= 0.3 is 0 Å². The summed E-state index contributed by atoms with van der Waals surface area (Å²) in [6.45, 7) is 4.69. The molecule has 5 heteroatoms. The molecule has 114 valence electrons. The number of hydrogen-bond acceptors (Lipinski definition) is 4. The van der Waals surface area contributed by atoms with Crippen molar-refractivity contribution in [3.8, 4) is 0 Å². The highest BCUT2D eigenvalue weighted by Crippen LogP contribution is 2.12. The maximum Gasteiger partial charge on any atom is 0.0627 e. The van der Waals surface area contributed by atoms with Crippen LogP contribution in [0.15, 0.2) is 47.2 Å². The summed E-state index contributed by atoms with van der Waals surface area (Å²) in [4.78, 5) is 8.61. The van der Waals surface area contributed by atoms with Crippen molar-refractivity contribution in [3.05, 3.63) is 69.9 Å². The zero-order valence-corrected chi connectivity index (χ0v) is 14.3. The van der Waals surface area contributed by atoms with E-state index in [1.807, 2.05) is 44.3 Å². The topological polar surface area (TPSA) is 61.7 Å². The molecule has 2 rings (SSSR count). The van der Waals surface area contributed by atoms with Crippen molar-refractivity contribution in [3.63, 3.8) is 0 Å². The van der Waals surface area contributed by atoms with E-state index in [0.717, 1.165) is 40.1 Å². The summed E-state index contributed by atoms with van der Waals surface area (Å²) in [5, 5.41) is 11.2. The second-order valence-electron chi connectivity index (χ2n) is 5.06. The molecule has 0 fully saturated rings. The van der Waals surface area contributed by atoms with Gasteiger partial charge in [0.15, 0.2) is 0 Å². The zero-order valence-electron chi connectivity index (χ0n) is 12.7. The van der Waals surface area contributed by atoms with Gasteiger partial charge in [0.05, 0.1) is 5.71 Å². The van der Waals surface area contributed by atoms with E-state index in [-0.39, 0.29) is 0 Å². The number of allylic oxidation sites excluding steroid dienone is 1. The van der Waals surface area contributed by atoms with E-state index in [1.54, 1.807) is 12.3 Å². The molecule has 0 radical (unpaired) electrons.